The Kier molecular flexibility index (Phi) is 4.55. The third-order valence-electron chi connectivity index (χ3n) is 4.87. The molecule has 2 saturated heterocycles. The van der Waals surface area contributed by atoms with Crippen LogP contribution in [0.3, 0.4) is 0 Å². The van der Waals surface area contributed by atoms with Gasteiger partial charge >= 0.3 is 0 Å². The normalized spacial score (nSPS) is 21.5. The van der Waals surface area contributed by atoms with Crippen molar-refractivity contribution in [2.75, 3.05) is 36.5 Å². The highest BCUT2D eigenvalue weighted by Gasteiger charge is 2.26. The second kappa shape index (κ2) is 6.58. The van der Waals surface area contributed by atoms with Gasteiger partial charge in [-0.05, 0) is 45.7 Å². The fourth-order valence-corrected chi connectivity index (χ4v) is 3.63. The zero-order valence-corrected chi connectivity index (χ0v) is 12.9. The molecular formula is C15H26N6. The molecule has 0 bridgehead atoms. The second-order valence-electron chi connectivity index (χ2n) is 6.13. The largest absolute Gasteiger partial charge is 0.356 e. The van der Waals surface area contributed by atoms with E-state index in [-0.39, 0.29) is 0 Å². The van der Waals surface area contributed by atoms with E-state index in [0.29, 0.717) is 0 Å². The second-order valence-corrected chi connectivity index (χ2v) is 6.13. The fraction of sp³-hybridized carbons (Fsp3) is 0.733. The SMILES string of the molecule is Cc1c(NN)ncnc1N1CCC(N2CCCCC2)CC1. The van der Waals surface area contributed by atoms with Crippen LogP contribution >= 0.6 is 0 Å². The van der Waals surface area contributed by atoms with E-state index in [1.807, 2.05) is 6.92 Å². The first-order valence-corrected chi connectivity index (χ1v) is 8.07. The van der Waals surface area contributed by atoms with Gasteiger partial charge in [0.1, 0.15) is 18.0 Å². The number of piperidine rings is 2. The number of hydrogen-bond donors (Lipinski definition) is 2. The van der Waals surface area contributed by atoms with E-state index in [0.717, 1.165) is 36.3 Å². The number of nitrogen functional groups attached to an aromatic ring is 1. The first kappa shape index (κ1) is 14.5. The Labute approximate surface area is 126 Å². The van der Waals surface area contributed by atoms with Crippen molar-refractivity contribution in [3.63, 3.8) is 0 Å². The Balaban J connectivity index is 1.63. The smallest absolute Gasteiger partial charge is 0.148 e. The van der Waals surface area contributed by atoms with Gasteiger partial charge in [-0.25, -0.2) is 15.8 Å². The zero-order valence-electron chi connectivity index (χ0n) is 12.9. The Hall–Kier alpha value is -1.40. The van der Waals surface area contributed by atoms with Gasteiger partial charge in [0.25, 0.3) is 0 Å². The summed E-state index contributed by atoms with van der Waals surface area (Å²) < 4.78 is 0. The van der Waals surface area contributed by atoms with Crippen molar-refractivity contribution in [3.8, 4) is 0 Å². The summed E-state index contributed by atoms with van der Waals surface area (Å²) in [5, 5.41) is 0. The van der Waals surface area contributed by atoms with Crippen LogP contribution in [0.2, 0.25) is 0 Å². The Morgan fingerprint density at radius 3 is 2.48 bits per heavy atom. The molecule has 1 aromatic rings. The molecule has 0 amide bonds. The molecule has 1 aromatic heterocycles. The quantitative estimate of drug-likeness (QED) is 0.650. The summed E-state index contributed by atoms with van der Waals surface area (Å²) in [5.74, 6) is 7.25. The monoisotopic (exact) mass is 290 g/mol. The van der Waals surface area contributed by atoms with Gasteiger partial charge in [0.05, 0.1) is 0 Å². The number of aromatic nitrogens is 2. The Morgan fingerprint density at radius 1 is 1.10 bits per heavy atom. The molecule has 0 spiro atoms. The topological polar surface area (TPSA) is 70.3 Å². The lowest BCUT2D eigenvalue weighted by Gasteiger charge is -2.40. The minimum Gasteiger partial charge on any atom is -0.356 e. The lowest BCUT2D eigenvalue weighted by Crippen LogP contribution is -2.47. The predicted molar refractivity (Wildman–Crippen MR) is 85.2 cm³/mol. The van der Waals surface area contributed by atoms with Crippen molar-refractivity contribution >= 4 is 11.6 Å². The maximum atomic E-state index is 5.50. The Bertz CT molecular complexity index is 463. The average Bonchev–Trinajstić information content (AvgIpc) is 2.56. The van der Waals surface area contributed by atoms with E-state index in [1.165, 1.54) is 45.2 Å². The lowest BCUT2D eigenvalue weighted by atomic mass is 9.99. The van der Waals surface area contributed by atoms with Crippen LogP contribution in [0, 0.1) is 6.92 Å². The number of likely N-dealkylation sites (tertiary alicyclic amines) is 1. The highest BCUT2D eigenvalue weighted by atomic mass is 15.3. The van der Waals surface area contributed by atoms with E-state index in [9.17, 15) is 0 Å². The van der Waals surface area contributed by atoms with Crippen LogP contribution in [0.4, 0.5) is 11.6 Å². The number of nitrogens with zero attached hydrogens (tertiary/aromatic N) is 4. The summed E-state index contributed by atoms with van der Waals surface area (Å²) in [6, 6.07) is 0.760. The van der Waals surface area contributed by atoms with Crippen molar-refractivity contribution in [2.45, 2.75) is 45.1 Å². The first-order chi connectivity index (χ1) is 10.3. The van der Waals surface area contributed by atoms with Gasteiger partial charge in [0, 0.05) is 24.7 Å². The maximum Gasteiger partial charge on any atom is 0.148 e. The number of hydrazine groups is 1. The van der Waals surface area contributed by atoms with E-state index < -0.39 is 0 Å². The highest BCUT2D eigenvalue weighted by Crippen LogP contribution is 2.27. The molecule has 2 aliphatic heterocycles. The van der Waals surface area contributed by atoms with Crippen molar-refractivity contribution in [1.29, 1.82) is 0 Å². The summed E-state index contributed by atoms with van der Waals surface area (Å²) in [5.41, 5.74) is 3.69. The number of anilines is 2. The fourth-order valence-electron chi connectivity index (χ4n) is 3.63. The van der Waals surface area contributed by atoms with Crippen LogP contribution in [0.25, 0.3) is 0 Å². The Morgan fingerprint density at radius 2 is 1.81 bits per heavy atom. The van der Waals surface area contributed by atoms with E-state index in [1.54, 1.807) is 6.33 Å². The molecule has 21 heavy (non-hydrogen) atoms. The summed E-state index contributed by atoms with van der Waals surface area (Å²) in [6.45, 7) is 6.75. The van der Waals surface area contributed by atoms with Gasteiger partial charge in [0.15, 0.2) is 0 Å². The van der Waals surface area contributed by atoms with Crippen LogP contribution in [0.5, 0.6) is 0 Å². The molecule has 2 aliphatic rings. The minimum absolute atomic E-state index is 0.721. The van der Waals surface area contributed by atoms with Crippen molar-refractivity contribution in [1.82, 2.24) is 14.9 Å². The third-order valence-corrected chi connectivity index (χ3v) is 4.87. The molecule has 0 saturated carbocycles. The molecule has 116 valence electrons. The first-order valence-electron chi connectivity index (χ1n) is 8.07. The number of rotatable bonds is 3. The molecule has 0 aliphatic carbocycles. The number of nitrogens with two attached hydrogens (primary N) is 1. The molecule has 3 N–H and O–H groups in total. The minimum atomic E-state index is 0.721. The molecule has 0 aromatic carbocycles. The molecule has 6 heteroatoms. The van der Waals surface area contributed by atoms with Gasteiger partial charge < -0.3 is 15.2 Å². The van der Waals surface area contributed by atoms with Crippen LogP contribution in [0.1, 0.15) is 37.7 Å². The summed E-state index contributed by atoms with van der Waals surface area (Å²) in [4.78, 5) is 13.7. The number of nitrogens with one attached hydrogen (secondary N) is 1. The summed E-state index contributed by atoms with van der Waals surface area (Å²) in [6.07, 6.45) is 8.20. The molecule has 3 rings (SSSR count). The van der Waals surface area contributed by atoms with E-state index >= 15 is 0 Å². The highest BCUT2D eigenvalue weighted by molar-refractivity contribution is 5.57. The summed E-state index contributed by atoms with van der Waals surface area (Å²) in [7, 11) is 0. The van der Waals surface area contributed by atoms with Crippen molar-refractivity contribution < 1.29 is 0 Å². The van der Waals surface area contributed by atoms with Crippen molar-refractivity contribution in [3.05, 3.63) is 11.9 Å². The van der Waals surface area contributed by atoms with Crippen molar-refractivity contribution in [2.24, 2.45) is 5.84 Å². The molecule has 2 fully saturated rings. The van der Waals surface area contributed by atoms with Gasteiger partial charge in [0.2, 0.25) is 0 Å². The molecule has 0 radical (unpaired) electrons. The maximum absolute atomic E-state index is 5.50. The third kappa shape index (κ3) is 3.11. The van der Waals surface area contributed by atoms with Crippen LogP contribution in [-0.4, -0.2) is 47.1 Å². The molecule has 0 atom stereocenters. The molecule has 0 unspecified atom stereocenters. The predicted octanol–water partition coefficient (Wildman–Crippen LogP) is 1.53. The lowest BCUT2D eigenvalue weighted by molar-refractivity contribution is 0.141. The van der Waals surface area contributed by atoms with Gasteiger partial charge in [-0.1, -0.05) is 6.42 Å². The number of hydrogen-bond acceptors (Lipinski definition) is 6. The molecular weight excluding hydrogens is 264 g/mol. The standard InChI is InChI=1S/C15H26N6/c1-12-14(19-16)17-11-18-15(12)21-9-5-13(6-10-21)20-7-3-2-4-8-20/h11,13H,2-10,16H2,1H3,(H,17,18,19). The molecule has 6 nitrogen and oxygen atoms in total. The van der Waals surface area contributed by atoms with Gasteiger partial charge in [-0.15, -0.1) is 0 Å². The van der Waals surface area contributed by atoms with Gasteiger partial charge in [-0.2, -0.15) is 0 Å². The average molecular weight is 290 g/mol. The van der Waals surface area contributed by atoms with Gasteiger partial charge in [-0.3, -0.25) is 0 Å². The van der Waals surface area contributed by atoms with Crippen LogP contribution < -0.4 is 16.2 Å². The van der Waals surface area contributed by atoms with Crippen LogP contribution in [0.15, 0.2) is 6.33 Å². The zero-order chi connectivity index (χ0) is 14.7. The van der Waals surface area contributed by atoms with Crippen LogP contribution in [-0.2, 0) is 0 Å². The molecule has 3 heterocycles. The van der Waals surface area contributed by atoms with E-state index in [4.69, 9.17) is 5.84 Å². The van der Waals surface area contributed by atoms with E-state index in [2.05, 4.69) is 25.2 Å². The summed E-state index contributed by atoms with van der Waals surface area (Å²) >= 11 is 0.